The molecule has 0 heterocycles. The van der Waals surface area contributed by atoms with Gasteiger partial charge in [0.25, 0.3) is 0 Å². The van der Waals surface area contributed by atoms with Crippen LogP contribution in [0.15, 0.2) is 42.5 Å². The molecule has 0 spiro atoms. The predicted octanol–water partition coefficient (Wildman–Crippen LogP) is 7.09. The lowest BCUT2D eigenvalue weighted by Crippen LogP contribution is -2.34. The number of nitrogens with one attached hydrogen (secondary N) is 1. The Morgan fingerprint density at radius 2 is 1.66 bits per heavy atom. The van der Waals surface area contributed by atoms with Crippen LogP contribution in [0.5, 0.6) is 0 Å². The van der Waals surface area contributed by atoms with Gasteiger partial charge in [0.05, 0.1) is 22.5 Å². The van der Waals surface area contributed by atoms with E-state index in [0.29, 0.717) is 21.7 Å². The highest BCUT2D eigenvalue weighted by Crippen LogP contribution is 2.40. The monoisotopic (exact) mass is 491 g/mol. The number of halogens is 5. The van der Waals surface area contributed by atoms with E-state index in [0.717, 1.165) is 31.7 Å². The van der Waals surface area contributed by atoms with Crippen LogP contribution in [0.1, 0.15) is 36.8 Å². The van der Waals surface area contributed by atoms with Gasteiger partial charge < -0.3 is 15.5 Å². The van der Waals surface area contributed by atoms with E-state index >= 15 is 0 Å². The highest BCUT2D eigenvalue weighted by molar-refractivity contribution is 6.34. The number of hydrogen-bond acceptors (Lipinski definition) is 2. The van der Waals surface area contributed by atoms with Crippen molar-refractivity contribution in [3.63, 3.8) is 0 Å². The maximum atomic E-state index is 13.4. The maximum Gasteiger partial charge on any atom is 0.503 e. The van der Waals surface area contributed by atoms with Gasteiger partial charge >= 0.3 is 12.3 Å². The molecule has 0 aromatic heterocycles. The molecule has 0 aliphatic heterocycles. The third kappa shape index (κ3) is 7.60. The fourth-order valence-corrected chi connectivity index (χ4v) is 3.58. The van der Waals surface area contributed by atoms with Gasteiger partial charge in [0, 0.05) is 5.02 Å². The van der Waals surface area contributed by atoms with E-state index in [1.807, 2.05) is 6.07 Å². The van der Waals surface area contributed by atoms with E-state index in [-0.39, 0.29) is 5.56 Å². The van der Waals surface area contributed by atoms with Crippen LogP contribution in [0.3, 0.4) is 0 Å². The molecule has 0 radical (unpaired) electrons. The van der Waals surface area contributed by atoms with Crippen molar-refractivity contribution in [3.8, 4) is 0 Å². The molecule has 0 saturated heterocycles. The molecule has 1 amide bonds. The zero-order valence-electron chi connectivity index (χ0n) is 17.0. The Balaban J connectivity index is 0.000000837. The van der Waals surface area contributed by atoms with E-state index in [1.165, 1.54) is 24.3 Å². The van der Waals surface area contributed by atoms with Crippen LogP contribution in [0.4, 0.5) is 23.7 Å². The molecule has 32 heavy (non-hydrogen) atoms. The summed E-state index contributed by atoms with van der Waals surface area (Å²) in [7, 11) is 0. The van der Waals surface area contributed by atoms with Crippen molar-refractivity contribution in [1.82, 2.24) is 0 Å². The van der Waals surface area contributed by atoms with Crippen LogP contribution in [-0.2, 0) is 11.2 Å². The van der Waals surface area contributed by atoms with Gasteiger partial charge in [0.1, 0.15) is 0 Å². The summed E-state index contributed by atoms with van der Waals surface area (Å²) < 4.78 is 40.3. The summed E-state index contributed by atoms with van der Waals surface area (Å²) in [4.78, 5) is 21.4. The van der Waals surface area contributed by atoms with E-state index in [1.54, 1.807) is 12.1 Å². The van der Waals surface area contributed by atoms with Crippen molar-refractivity contribution in [3.05, 3.63) is 63.6 Å². The summed E-state index contributed by atoms with van der Waals surface area (Å²) in [5.74, 6) is -3.45. The summed E-state index contributed by atoms with van der Waals surface area (Å²) in [6, 6.07) is 11.1. The van der Waals surface area contributed by atoms with Crippen molar-refractivity contribution in [1.29, 1.82) is 0 Å². The third-order valence-electron chi connectivity index (χ3n) is 5.07. The summed E-state index contributed by atoms with van der Waals surface area (Å²) in [5, 5.41) is 17.3. The number of hydrogen-bond donors (Lipinski definition) is 3. The average molecular weight is 492 g/mol. The van der Waals surface area contributed by atoms with E-state index in [2.05, 4.69) is 5.32 Å². The number of carbonyl (C=O) groups is 2. The second kappa shape index (κ2) is 10.9. The zero-order chi connectivity index (χ0) is 24.1. The molecule has 3 rings (SSSR count). The van der Waals surface area contributed by atoms with Gasteiger partial charge in [0.15, 0.2) is 0 Å². The highest BCUT2D eigenvalue weighted by atomic mass is 35.5. The standard InChI is InChI=1S/C21H20Cl2F3NO.CH2O3/c1-12(21(24,25)26)18(14-7-9-16(22)10-8-14)20(28)27-17-4-2-3-15(19(17)23)11-13-5-6-13;2-1(3)4/h2-4,7-10,12-13,18H,5-6,11H2,1H3,(H,27,28);(H2,2,3,4)/t12-,18+;/m1./s1. The van der Waals surface area contributed by atoms with Gasteiger partial charge in [-0.25, -0.2) is 4.79 Å². The first-order chi connectivity index (χ1) is 14.9. The van der Waals surface area contributed by atoms with Crippen LogP contribution in [0.2, 0.25) is 10.0 Å². The fraction of sp³-hybridized carbons (Fsp3) is 0.364. The molecular weight excluding hydrogens is 470 g/mol. The van der Waals surface area contributed by atoms with Crippen molar-refractivity contribution in [2.45, 2.75) is 38.3 Å². The Hall–Kier alpha value is -2.45. The van der Waals surface area contributed by atoms with Gasteiger partial charge in [-0.05, 0) is 54.5 Å². The minimum absolute atomic E-state index is 0.247. The highest BCUT2D eigenvalue weighted by Gasteiger charge is 2.45. The van der Waals surface area contributed by atoms with E-state index < -0.39 is 30.1 Å². The number of amides is 1. The molecule has 2 atom stereocenters. The molecule has 3 N–H and O–H groups in total. The smallest absolute Gasteiger partial charge is 0.450 e. The number of alkyl halides is 3. The van der Waals surface area contributed by atoms with Crippen molar-refractivity contribution in [2.24, 2.45) is 11.8 Å². The maximum absolute atomic E-state index is 13.4. The van der Waals surface area contributed by atoms with Crippen LogP contribution >= 0.6 is 23.2 Å². The molecule has 2 aromatic rings. The Kier molecular flexibility index (Phi) is 8.81. The Bertz CT molecular complexity index is 943. The van der Waals surface area contributed by atoms with Gasteiger partial charge in [-0.1, -0.05) is 54.4 Å². The first kappa shape index (κ1) is 25.8. The largest absolute Gasteiger partial charge is 0.503 e. The molecule has 2 aromatic carbocycles. The van der Waals surface area contributed by atoms with Crippen molar-refractivity contribution < 1.29 is 33.0 Å². The molecule has 0 unspecified atom stereocenters. The van der Waals surface area contributed by atoms with Gasteiger partial charge in [0.2, 0.25) is 5.91 Å². The van der Waals surface area contributed by atoms with Gasteiger partial charge in [-0.2, -0.15) is 13.2 Å². The normalized spacial score (nSPS) is 15.2. The molecule has 10 heteroatoms. The van der Waals surface area contributed by atoms with Crippen molar-refractivity contribution in [2.75, 3.05) is 5.32 Å². The number of anilines is 1. The van der Waals surface area contributed by atoms with Gasteiger partial charge in [-0.3, -0.25) is 4.79 Å². The Morgan fingerprint density at radius 1 is 1.09 bits per heavy atom. The van der Waals surface area contributed by atoms with Crippen LogP contribution < -0.4 is 5.32 Å². The lowest BCUT2D eigenvalue weighted by molar-refractivity contribution is -0.178. The fourth-order valence-electron chi connectivity index (χ4n) is 3.20. The van der Waals surface area contributed by atoms with Crippen LogP contribution in [0.25, 0.3) is 0 Å². The first-order valence-corrected chi connectivity index (χ1v) is 10.5. The molecular formula is C22H22Cl2F3NO4. The second-order valence-corrected chi connectivity index (χ2v) is 8.37. The average Bonchev–Trinajstić information content (AvgIpc) is 3.49. The molecule has 1 saturated carbocycles. The number of rotatable bonds is 6. The lowest BCUT2D eigenvalue weighted by atomic mass is 9.86. The van der Waals surface area contributed by atoms with Crippen LogP contribution in [-0.4, -0.2) is 28.5 Å². The first-order valence-electron chi connectivity index (χ1n) is 9.72. The number of carboxylic acid groups (broad SMARTS) is 2. The second-order valence-electron chi connectivity index (χ2n) is 7.56. The SMILES string of the molecule is C[C@H]([C@H](C(=O)Nc1cccc(CC2CC2)c1Cl)c1ccc(Cl)cc1)C(F)(F)F.O=C(O)O. The molecule has 0 bridgehead atoms. The molecule has 5 nitrogen and oxygen atoms in total. The third-order valence-corrected chi connectivity index (χ3v) is 5.77. The quantitative estimate of drug-likeness (QED) is 0.402. The van der Waals surface area contributed by atoms with E-state index in [9.17, 15) is 18.0 Å². The summed E-state index contributed by atoms with van der Waals surface area (Å²) >= 11 is 12.3. The number of benzene rings is 2. The Morgan fingerprint density at radius 3 is 2.16 bits per heavy atom. The molecule has 174 valence electrons. The minimum Gasteiger partial charge on any atom is -0.450 e. The number of carbonyl (C=O) groups excluding carboxylic acids is 1. The Labute approximate surface area is 193 Å². The summed E-state index contributed by atoms with van der Waals surface area (Å²) in [6.07, 6.45) is -3.26. The predicted molar refractivity (Wildman–Crippen MR) is 117 cm³/mol. The molecule has 1 aliphatic rings. The topological polar surface area (TPSA) is 86.6 Å². The summed E-state index contributed by atoms with van der Waals surface area (Å²) in [5.41, 5.74) is 1.48. The lowest BCUT2D eigenvalue weighted by Gasteiger charge is -2.26. The van der Waals surface area contributed by atoms with E-state index in [4.69, 9.17) is 38.2 Å². The van der Waals surface area contributed by atoms with Crippen molar-refractivity contribution >= 4 is 41.0 Å². The van der Waals surface area contributed by atoms with Crippen LogP contribution in [0, 0.1) is 11.8 Å². The summed E-state index contributed by atoms with van der Waals surface area (Å²) in [6.45, 7) is 1.00. The minimum atomic E-state index is -4.53. The van der Waals surface area contributed by atoms with Gasteiger partial charge in [-0.15, -0.1) is 0 Å². The zero-order valence-corrected chi connectivity index (χ0v) is 18.5. The molecule has 1 aliphatic carbocycles. The molecule has 1 fully saturated rings.